The molecule has 0 aromatic heterocycles. The molecule has 0 aliphatic carbocycles. The number of fused-ring (bicyclic) bond motifs is 2. The predicted octanol–water partition coefficient (Wildman–Crippen LogP) is 3.08. The first-order valence-corrected chi connectivity index (χ1v) is 6.42. The molecule has 2 nitrogen and oxygen atoms in total. The molecular formula is C15H19NO. The fraction of sp³-hybridized carbons (Fsp3) is 0.467. The lowest BCUT2D eigenvalue weighted by atomic mass is 9.87. The van der Waals surface area contributed by atoms with Gasteiger partial charge >= 0.3 is 0 Å². The average Bonchev–Trinajstić information content (AvgIpc) is 2.38. The van der Waals surface area contributed by atoms with Crippen LogP contribution < -0.4 is 4.74 Å². The van der Waals surface area contributed by atoms with Crippen molar-refractivity contribution in [1.82, 2.24) is 4.90 Å². The zero-order valence-corrected chi connectivity index (χ0v) is 10.4. The second kappa shape index (κ2) is 4.10. The van der Waals surface area contributed by atoms with E-state index in [2.05, 4.69) is 23.6 Å². The maximum atomic E-state index is 5.31. The first kappa shape index (κ1) is 10.7. The molecule has 0 radical (unpaired) electrons. The van der Waals surface area contributed by atoms with Crippen molar-refractivity contribution in [3.8, 4) is 5.75 Å². The van der Waals surface area contributed by atoms with Crippen LogP contribution in [0.25, 0.3) is 5.70 Å². The maximum absolute atomic E-state index is 5.31. The Bertz CT molecular complexity index is 452. The zero-order valence-electron chi connectivity index (χ0n) is 10.4. The van der Waals surface area contributed by atoms with Crippen LogP contribution in [0.3, 0.4) is 0 Å². The molecule has 90 valence electrons. The fourth-order valence-corrected chi connectivity index (χ4v) is 3.12. The van der Waals surface area contributed by atoms with Gasteiger partial charge in [0.15, 0.2) is 0 Å². The molecule has 1 fully saturated rings. The third-order valence-corrected chi connectivity index (χ3v) is 4.05. The molecule has 17 heavy (non-hydrogen) atoms. The molecule has 1 aromatic rings. The summed E-state index contributed by atoms with van der Waals surface area (Å²) in [6.45, 7) is 5.46. The van der Waals surface area contributed by atoms with Crippen LogP contribution in [0.2, 0.25) is 0 Å². The molecule has 2 heterocycles. The summed E-state index contributed by atoms with van der Waals surface area (Å²) in [6.07, 6.45) is 5.11. The van der Waals surface area contributed by atoms with E-state index < -0.39 is 0 Å². The number of hydrogen-bond acceptors (Lipinski definition) is 2. The standard InChI is InChI=1S/C15H19NO/c1-11-15-7-6-14(17-2)10-12(15)9-13-5-3-4-8-16(11)13/h6-7,10,13H,1,3-5,8-9H2,2H3. The van der Waals surface area contributed by atoms with Crippen LogP contribution in [0, 0.1) is 0 Å². The summed E-state index contributed by atoms with van der Waals surface area (Å²) in [5.41, 5.74) is 3.92. The monoisotopic (exact) mass is 229 g/mol. The summed E-state index contributed by atoms with van der Waals surface area (Å²) in [5, 5.41) is 0. The number of methoxy groups -OCH3 is 1. The van der Waals surface area contributed by atoms with E-state index in [0.29, 0.717) is 6.04 Å². The van der Waals surface area contributed by atoms with Crippen molar-refractivity contribution in [2.75, 3.05) is 13.7 Å². The van der Waals surface area contributed by atoms with Gasteiger partial charge in [0, 0.05) is 23.8 Å². The highest BCUT2D eigenvalue weighted by molar-refractivity contribution is 5.68. The second-order valence-corrected chi connectivity index (χ2v) is 5.02. The van der Waals surface area contributed by atoms with Gasteiger partial charge in [0.2, 0.25) is 0 Å². The summed E-state index contributed by atoms with van der Waals surface area (Å²) in [4.78, 5) is 2.50. The average molecular weight is 229 g/mol. The molecule has 1 unspecified atom stereocenters. The lowest BCUT2D eigenvalue weighted by molar-refractivity contribution is 0.219. The highest BCUT2D eigenvalue weighted by atomic mass is 16.5. The molecule has 2 aliphatic rings. The van der Waals surface area contributed by atoms with Gasteiger partial charge in [-0.25, -0.2) is 0 Å². The predicted molar refractivity (Wildman–Crippen MR) is 70.1 cm³/mol. The quantitative estimate of drug-likeness (QED) is 0.733. The summed E-state index contributed by atoms with van der Waals surface area (Å²) >= 11 is 0. The Kier molecular flexibility index (Phi) is 2.58. The minimum atomic E-state index is 0.663. The summed E-state index contributed by atoms with van der Waals surface area (Å²) in [6, 6.07) is 7.03. The Morgan fingerprint density at radius 3 is 3.06 bits per heavy atom. The van der Waals surface area contributed by atoms with Crippen LogP contribution in [0.1, 0.15) is 30.4 Å². The van der Waals surface area contributed by atoms with Gasteiger partial charge in [-0.2, -0.15) is 0 Å². The van der Waals surface area contributed by atoms with Gasteiger partial charge in [-0.05, 0) is 49.4 Å². The Morgan fingerprint density at radius 2 is 2.24 bits per heavy atom. The Morgan fingerprint density at radius 1 is 1.35 bits per heavy atom. The van der Waals surface area contributed by atoms with E-state index in [1.54, 1.807) is 7.11 Å². The smallest absolute Gasteiger partial charge is 0.119 e. The van der Waals surface area contributed by atoms with E-state index in [-0.39, 0.29) is 0 Å². The highest BCUT2D eigenvalue weighted by Crippen LogP contribution is 2.36. The van der Waals surface area contributed by atoms with E-state index in [9.17, 15) is 0 Å². The molecule has 1 saturated heterocycles. The number of nitrogens with zero attached hydrogens (tertiary/aromatic N) is 1. The van der Waals surface area contributed by atoms with Crippen molar-refractivity contribution >= 4 is 5.70 Å². The molecular weight excluding hydrogens is 210 g/mol. The molecule has 2 heteroatoms. The first-order valence-electron chi connectivity index (χ1n) is 6.42. The highest BCUT2D eigenvalue weighted by Gasteiger charge is 2.30. The van der Waals surface area contributed by atoms with Gasteiger partial charge in [-0.3, -0.25) is 0 Å². The first-order chi connectivity index (χ1) is 8.29. The van der Waals surface area contributed by atoms with Crippen LogP contribution in [0.5, 0.6) is 5.75 Å². The largest absolute Gasteiger partial charge is 0.497 e. The summed E-state index contributed by atoms with van der Waals surface area (Å²) in [5.74, 6) is 0.959. The Labute approximate surface area is 103 Å². The Hall–Kier alpha value is -1.44. The van der Waals surface area contributed by atoms with Gasteiger partial charge in [0.25, 0.3) is 0 Å². The van der Waals surface area contributed by atoms with Crippen molar-refractivity contribution in [1.29, 1.82) is 0 Å². The van der Waals surface area contributed by atoms with Crippen LogP contribution >= 0.6 is 0 Å². The molecule has 2 aliphatic heterocycles. The molecule has 0 spiro atoms. The molecule has 0 amide bonds. The third kappa shape index (κ3) is 1.72. The van der Waals surface area contributed by atoms with Gasteiger partial charge in [0.1, 0.15) is 5.75 Å². The minimum Gasteiger partial charge on any atom is -0.497 e. The molecule has 3 rings (SSSR count). The van der Waals surface area contributed by atoms with Crippen LogP contribution in [-0.4, -0.2) is 24.6 Å². The second-order valence-electron chi connectivity index (χ2n) is 5.02. The van der Waals surface area contributed by atoms with Crippen molar-refractivity contribution in [3.05, 3.63) is 35.9 Å². The SMILES string of the molecule is C=C1c2ccc(OC)cc2CC2CCCCN12. The lowest BCUT2D eigenvalue weighted by Gasteiger charge is -2.43. The minimum absolute atomic E-state index is 0.663. The molecule has 1 aromatic carbocycles. The fourth-order valence-electron chi connectivity index (χ4n) is 3.12. The van der Waals surface area contributed by atoms with Crippen molar-refractivity contribution in [3.63, 3.8) is 0 Å². The van der Waals surface area contributed by atoms with E-state index in [0.717, 1.165) is 12.2 Å². The molecule has 0 saturated carbocycles. The van der Waals surface area contributed by atoms with Crippen molar-refractivity contribution in [2.24, 2.45) is 0 Å². The third-order valence-electron chi connectivity index (χ3n) is 4.05. The van der Waals surface area contributed by atoms with Gasteiger partial charge in [-0.15, -0.1) is 0 Å². The van der Waals surface area contributed by atoms with Crippen molar-refractivity contribution < 1.29 is 4.74 Å². The van der Waals surface area contributed by atoms with Crippen molar-refractivity contribution in [2.45, 2.75) is 31.7 Å². The molecule has 0 bridgehead atoms. The summed E-state index contributed by atoms with van der Waals surface area (Å²) in [7, 11) is 1.73. The number of rotatable bonds is 1. The summed E-state index contributed by atoms with van der Waals surface area (Å²) < 4.78 is 5.31. The number of piperidine rings is 1. The Balaban J connectivity index is 1.99. The van der Waals surface area contributed by atoms with Crippen LogP contribution in [0.15, 0.2) is 24.8 Å². The van der Waals surface area contributed by atoms with Gasteiger partial charge in [-0.1, -0.05) is 6.58 Å². The maximum Gasteiger partial charge on any atom is 0.119 e. The normalized spacial score (nSPS) is 23.0. The van der Waals surface area contributed by atoms with Gasteiger partial charge in [0.05, 0.1) is 7.11 Å². The van der Waals surface area contributed by atoms with E-state index in [1.165, 1.54) is 42.6 Å². The topological polar surface area (TPSA) is 12.5 Å². The van der Waals surface area contributed by atoms with Gasteiger partial charge < -0.3 is 9.64 Å². The number of hydrogen-bond donors (Lipinski definition) is 0. The molecule has 1 atom stereocenters. The van der Waals surface area contributed by atoms with E-state index in [4.69, 9.17) is 4.74 Å². The van der Waals surface area contributed by atoms with E-state index >= 15 is 0 Å². The zero-order chi connectivity index (χ0) is 11.8. The van der Waals surface area contributed by atoms with Crippen LogP contribution in [0.4, 0.5) is 0 Å². The molecule has 0 N–H and O–H groups in total. The number of benzene rings is 1. The van der Waals surface area contributed by atoms with Crippen LogP contribution in [-0.2, 0) is 6.42 Å². The van der Waals surface area contributed by atoms with E-state index in [1.807, 2.05) is 6.07 Å². The lowest BCUT2D eigenvalue weighted by Crippen LogP contribution is -2.42. The number of ether oxygens (including phenoxy) is 1.